The molecule has 1 fully saturated rings. The molecule has 0 aliphatic heterocycles. The number of pyridine rings is 1. The maximum Gasteiger partial charge on any atom is 0.309 e. The summed E-state index contributed by atoms with van der Waals surface area (Å²) in [6.45, 7) is 4.45. The molecule has 4 rings (SSSR count). The Balaban J connectivity index is 1.37. The van der Waals surface area contributed by atoms with Crippen molar-refractivity contribution in [3.05, 3.63) is 65.7 Å². The van der Waals surface area contributed by atoms with E-state index in [-0.39, 0.29) is 36.1 Å². The highest BCUT2D eigenvalue weighted by Gasteiger charge is 2.46. The van der Waals surface area contributed by atoms with Crippen LogP contribution in [0.2, 0.25) is 0 Å². The Hall–Kier alpha value is -3.22. The summed E-state index contributed by atoms with van der Waals surface area (Å²) in [5, 5.41) is 6.75. The Kier molecular flexibility index (Phi) is 5.79. The maximum atomic E-state index is 15.0. The van der Waals surface area contributed by atoms with Gasteiger partial charge in [-0.25, -0.2) is 4.39 Å². The van der Waals surface area contributed by atoms with Gasteiger partial charge in [0, 0.05) is 17.7 Å². The van der Waals surface area contributed by atoms with E-state index in [0.717, 1.165) is 11.4 Å². The highest BCUT2D eigenvalue weighted by atomic mass is 19.1. The lowest BCUT2D eigenvalue weighted by molar-refractivity contribution is -0.146. The first-order valence-electron chi connectivity index (χ1n) is 10.1. The van der Waals surface area contributed by atoms with E-state index in [4.69, 9.17) is 9.47 Å². The zero-order valence-electron chi connectivity index (χ0n) is 17.0. The number of esters is 1. The lowest BCUT2D eigenvalue weighted by Gasteiger charge is -2.11. The number of hydrogen-bond acceptors (Lipinski definition) is 5. The molecule has 1 saturated carbocycles. The van der Waals surface area contributed by atoms with Gasteiger partial charge in [0.15, 0.2) is 0 Å². The van der Waals surface area contributed by atoms with Gasteiger partial charge in [-0.15, -0.1) is 0 Å². The van der Waals surface area contributed by atoms with Crippen LogP contribution >= 0.6 is 0 Å². The van der Waals surface area contributed by atoms with E-state index < -0.39 is 0 Å². The monoisotopic (exact) mass is 409 g/mol. The Morgan fingerprint density at radius 2 is 2.13 bits per heavy atom. The molecule has 1 N–H and O–H groups in total. The highest BCUT2D eigenvalue weighted by Crippen LogP contribution is 2.49. The number of aromatic nitrogens is 3. The van der Waals surface area contributed by atoms with Crippen LogP contribution in [-0.2, 0) is 16.1 Å². The van der Waals surface area contributed by atoms with Gasteiger partial charge in [-0.1, -0.05) is 32.0 Å². The van der Waals surface area contributed by atoms with E-state index in [1.165, 1.54) is 0 Å². The predicted molar refractivity (Wildman–Crippen MR) is 109 cm³/mol. The van der Waals surface area contributed by atoms with Crippen molar-refractivity contribution in [3.8, 4) is 17.1 Å². The van der Waals surface area contributed by atoms with Crippen molar-refractivity contribution in [2.24, 2.45) is 11.8 Å². The molecule has 6 nitrogen and oxygen atoms in total. The summed E-state index contributed by atoms with van der Waals surface area (Å²) < 4.78 is 26.0. The minimum Gasteiger partial charge on any atom is -0.487 e. The Bertz CT molecular complexity index is 1000. The topological polar surface area (TPSA) is 77.1 Å². The number of nitrogens with one attached hydrogen (secondary N) is 1. The molecule has 2 heterocycles. The maximum absolute atomic E-state index is 15.0. The van der Waals surface area contributed by atoms with Crippen molar-refractivity contribution < 1.29 is 18.7 Å². The quantitative estimate of drug-likeness (QED) is 0.555. The van der Waals surface area contributed by atoms with E-state index in [0.29, 0.717) is 29.9 Å². The van der Waals surface area contributed by atoms with Crippen molar-refractivity contribution in [1.82, 2.24) is 15.2 Å². The summed E-state index contributed by atoms with van der Waals surface area (Å²) in [6.07, 6.45) is 3.88. The van der Waals surface area contributed by atoms with Crippen LogP contribution in [0.3, 0.4) is 0 Å². The lowest BCUT2D eigenvalue weighted by Crippen LogP contribution is -2.12. The zero-order valence-corrected chi connectivity index (χ0v) is 17.0. The summed E-state index contributed by atoms with van der Waals surface area (Å²) >= 11 is 0. The van der Waals surface area contributed by atoms with E-state index in [1.807, 2.05) is 26.0 Å². The lowest BCUT2D eigenvalue weighted by atomic mass is 10.0. The molecule has 3 aromatic rings. The minimum atomic E-state index is -0.316. The first-order chi connectivity index (χ1) is 14.5. The molecule has 2 atom stereocenters. The average Bonchev–Trinajstić information content (AvgIpc) is 3.35. The number of H-pyrrole nitrogens is 1. The third-order valence-electron chi connectivity index (χ3n) is 5.07. The fraction of sp³-hybridized carbons (Fsp3) is 0.348. The fourth-order valence-corrected chi connectivity index (χ4v) is 3.34. The van der Waals surface area contributed by atoms with E-state index in [2.05, 4.69) is 15.2 Å². The van der Waals surface area contributed by atoms with Crippen molar-refractivity contribution in [2.75, 3.05) is 6.61 Å². The number of ether oxygens (including phenoxy) is 2. The van der Waals surface area contributed by atoms with Crippen LogP contribution in [0.5, 0.6) is 5.75 Å². The van der Waals surface area contributed by atoms with Crippen LogP contribution in [0, 0.1) is 17.7 Å². The molecule has 1 aliphatic carbocycles. The number of aromatic amines is 1. The second-order valence-electron chi connectivity index (χ2n) is 7.93. The third kappa shape index (κ3) is 4.50. The minimum absolute atomic E-state index is 0.0833. The summed E-state index contributed by atoms with van der Waals surface area (Å²) in [6, 6.07) is 10.7. The van der Waals surface area contributed by atoms with Gasteiger partial charge in [0.25, 0.3) is 0 Å². The number of hydrogen-bond donors (Lipinski definition) is 1. The smallest absolute Gasteiger partial charge is 0.309 e. The molecule has 0 spiro atoms. The van der Waals surface area contributed by atoms with Crippen molar-refractivity contribution in [3.63, 3.8) is 0 Å². The molecule has 156 valence electrons. The molecular weight excluding hydrogens is 385 g/mol. The number of carbonyl (C=O) groups is 1. The van der Waals surface area contributed by atoms with Gasteiger partial charge >= 0.3 is 5.97 Å². The molecule has 0 radical (unpaired) electrons. The van der Waals surface area contributed by atoms with E-state index in [9.17, 15) is 4.79 Å². The predicted octanol–water partition coefficient (Wildman–Crippen LogP) is 4.49. The third-order valence-corrected chi connectivity index (χ3v) is 5.07. The number of benzene rings is 1. The van der Waals surface area contributed by atoms with Gasteiger partial charge < -0.3 is 9.47 Å². The van der Waals surface area contributed by atoms with Crippen molar-refractivity contribution >= 4 is 5.97 Å². The molecule has 0 bridgehead atoms. The second-order valence-corrected chi connectivity index (χ2v) is 7.93. The summed E-state index contributed by atoms with van der Waals surface area (Å²) in [5.41, 5.74) is 2.56. The van der Waals surface area contributed by atoms with Crippen LogP contribution in [0.25, 0.3) is 11.4 Å². The second kappa shape index (κ2) is 8.65. The normalized spacial score (nSPS) is 17.7. The molecule has 1 aromatic carbocycles. The first kappa shape index (κ1) is 20.1. The van der Waals surface area contributed by atoms with Crippen molar-refractivity contribution in [2.45, 2.75) is 32.8 Å². The molecule has 7 heteroatoms. The fourth-order valence-electron chi connectivity index (χ4n) is 3.34. The molecule has 1 aliphatic rings. The molecule has 30 heavy (non-hydrogen) atoms. The standard InChI is InChI=1S/C23H24FN3O3/c1-14(2)12-30-23(28)19-10-18(19)17-5-3-4-15(22(17)24)13-29-16-6-7-20(25-11-16)21-8-9-26-27-21/h3-9,11,14,18-19H,10,12-13H2,1-2H3,(H,26,27). The summed E-state index contributed by atoms with van der Waals surface area (Å²) in [4.78, 5) is 16.5. The van der Waals surface area contributed by atoms with Gasteiger partial charge in [0.05, 0.1) is 30.1 Å². The largest absolute Gasteiger partial charge is 0.487 e. The Morgan fingerprint density at radius 1 is 1.27 bits per heavy atom. The van der Waals surface area contributed by atoms with Gasteiger partial charge in [-0.2, -0.15) is 5.10 Å². The van der Waals surface area contributed by atoms with Gasteiger partial charge in [-0.3, -0.25) is 14.9 Å². The Morgan fingerprint density at radius 3 is 2.83 bits per heavy atom. The first-order valence-corrected chi connectivity index (χ1v) is 10.1. The van der Waals surface area contributed by atoms with Gasteiger partial charge in [0.1, 0.15) is 18.2 Å². The molecule has 2 unspecified atom stereocenters. The number of carbonyl (C=O) groups excluding carboxylic acids is 1. The van der Waals surface area contributed by atoms with Gasteiger partial charge in [0.2, 0.25) is 0 Å². The van der Waals surface area contributed by atoms with Gasteiger partial charge in [-0.05, 0) is 36.1 Å². The molecule has 0 saturated heterocycles. The molecule has 2 aromatic heterocycles. The van der Waals surface area contributed by atoms with Crippen LogP contribution < -0.4 is 4.74 Å². The number of nitrogens with zero attached hydrogens (tertiary/aromatic N) is 2. The summed E-state index contributed by atoms with van der Waals surface area (Å²) in [5.74, 6) is -0.105. The zero-order chi connectivity index (χ0) is 21.1. The van der Waals surface area contributed by atoms with Crippen LogP contribution in [-0.4, -0.2) is 27.8 Å². The average molecular weight is 409 g/mol. The molecular formula is C23H24FN3O3. The number of halogens is 1. The highest BCUT2D eigenvalue weighted by molar-refractivity contribution is 5.77. The van der Waals surface area contributed by atoms with E-state index in [1.54, 1.807) is 36.7 Å². The van der Waals surface area contributed by atoms with Crippen LogP contribution in [0.1, 0.15) is 37.3 Å². The molecule has 0 amide bonds. The van der Waals surface area contributed by atoms with Crippen LogP contribution in [0.4, 0.5) is 4.39 Å². The summed E-state index contributed by atoms with van der Waals surface area (Å²) in [7, 11) is 0. The van der Waals surface area contributed by atoms with Crippen LogP contribution in [0.15, 0.2) is 48.8 Å². The SMILES string of the molecule is CC(C)COC(=O)C1CC1c1cccc(COc2ccc(-c3ccn[nH]3)nc2)c1F. The van der Waals surface area contributed by atoms with E-state index >= 15 is 4.39 Å². The number of rotatable bonds is 8. The van der Waals surface area contributed by atoms with Crippen molar-refractivity contribution in [1.29, 1.82) is 0 Å². The Labute approximate surface area is 174 Å².